The van der Waals surface area contributed by atoms with Gasteiger partial charge in [-0.2, -0.15) is 5.26 Å². The zero-order valence-electron chi connectivity index (χ0n) is 8.87. The molecule has 0 saturated heterocycles. The Kier molecular flexibility index (Phi) is 3.65. The molecule has 0 bridgehead atoms. The van der Waals surface area contributed by atoms with Crippen molar-refractivity contribution in [2.24, 2.45) is 0 Å². The van der Waals surface area contributed by atoms with Crippen molar-refractivity contribution in [2.45, 2.75) is 6.92 Å². The molecule has 0 aliphatic carbocycles. The molecule has 7 nitrogen and oxygen atoms in total. The van der Waals surface area contributed by atoms with E-state index in [9.17, 15) is 18.5 Å². The van der Waals surface area contributed by atoms with Crippen LogP contribution in [0.15, 0.2) is 18.2 Å². The van der Waals surface area contributed by atoms with Gasteiger partial charge in [-0.05, 0) is 13.0 Å². The van der Waals surface area contributed by atoms with Gasteiger partial charge in [0.25, 0.3) is 5.69 Å². The van der Waals surface area contributed by atoms with Crippen molar-refractivity contribution in [2.75, 3.05) is 10.5 Å². The topological polar surface area (TPSA) is 113 Å². The Morgan fingerprint density at radius 3 is 2.71 bits per heavy atom. The zero-order chi connectivity index (χ0) is 13.1. The summed E-state index contributed by atoms with van der Waals surface area (Å²) < 4.78 is 24.6. The maximum absolute atomic E-state index is 11.3. The van der Waals surface area contributed by atoms with E-state index in [-0.39, 0.29) is 11.4 Å². The number of nitrogens with one attached hydrogen (secondary N) is 1. The predicted molar refractivity (Wildman–Crippen MR) is 60.9 cm³/mol. The van der Waals surface area contributed by atoms with Gasteiger partial charge in [0.1, 0.15) is 0 Å². The monoisotopic (exact) mass is 255 g/mol. The highest BCUT2D eigenvalue weighted by Gasteiger charge is 2.14. The molecule has 1 N–H and O–H groups in total. The summed E-state index contributed by atoms with van der Waals surface area (Å²) in [6, 6.07) is 5.44. The second-order valence-corrected chi connectivity index (χ2v) is 5.00. The number of hydrogen-bond acceptors (Lipinski definition) is 5. The maximum atomic E-state index is 11.3. The number of nitro benzene ring substituents is 1. The number of hydrogen-bond donors (Lipinski definition) is 1. The molecular weight excluding hydrogens is 246 g/mol. The lowest BCUT2D eigenvalue weighted by Crippen LogP contribution is -2.15. The summed E-state index contributed by atoms with van der Waals surface area (Å²) in [5, 5.41) is 18.9. The summed E-state index contributed by atoms with van der Waals surface area (Å²) in [4.78, 5) is 10.0. The molecule has 0 saturated carbocycles. The molecule has 0 fully saturated rings. The van der Waals surface area contributed by atoms with Crippen molar-refractivity contribution < 1.29 is 13.3 Å². The third kappa shape index (κ3) is 3.42. The summed E-state index contributed by atoms with van der Waals surface area (Å²) in [5.74, 6) is -0.700. The summed E-state index contributed by atoms with van der Waals surface area (Å²) in [7, 11) is -3.77. The molecule has 0 amide bonds. The number of nitriles is 1. The number of aryl methyl sites for hydroxylation is 1. The highest BCUT2D eigenvalue weighted by molar-refractivity contribution is 7.92. The van der Waals surface area contributed by atoms with Crippen LogP contribution in [0.3, 0.4) is 0 Å². The van der Waals surface area contributed by atoms with Crippen molar-refractivity contribution >= 4 is 21.4 Å². The Morgan fingerprint density at radius 2 is 2.18 bits per heavy atom. The number of anilines is 1. The largest absolute Gasteiger partial charge is 0.282 e. The lowest BCUT2D eigenvalue weighted by molar-refractivity contribution is -0.385. The van der Waals surface area contributed by atoms with Gasteiger partial charge in [-0.25, -0.2) is 8.42 Å². The van der Waals surface area contributed by atoms with Crippen molar-refractivity contribution in [3.8, 4) is 6.07 Å². The second kappa shape index (κ2) is 4.80. The first kappa shape index (κ1) is 12.9. The van der Waals surface area contributed by atoms with Gasteiger partial charge >= 0.3 is 0 Å². The fourth-order valence-corrected chi connectivity index (χ4v) is 1.90. The Morgan fingerprint density at radius 1 is 1.53 bits per heavy atom. The van der Waals surface area contributed by atoms with Gasteiger partial charge in [0, 0.05) is 11.6 Å². The second-order valence-electron chi connectivity index (χ2n) is 3.28. The number of nitro groups is 1. The van der Waals surface area contributed by atoms with Crippen LogP contribution in [0.2, 0.25) is 0 Å². The highest BCUT2D eigenvalue weighted by atomic mass is 32.2. The van der Waals surface area contributed by atoms with Crippen LogP contribution in [0.1, 0.15) is 5.56 Å². The van der Waals surface area contributed by atoms with Gasteiger partial charge in [0.15, 0.2) is 5.75 Å². The molecule has 0 radical (unpaired) electrons. The van der Waals surface area contributed by atoms with E-state index in [1.165, 1.54) is 18.2 Å². The molecule has 1 rings (SSSR count). The summed E-state index contributed by atoms with van der Waals surface area (Å²) >= 11 is 0. The smallest absolute Gasteiger partial charge is 0.274 e. The zero-order valence-corrected chi connectivity index (χ0v) is 9.69. The third-order valence-electron chi connectivity index (χ3n) is 1.93. The van der Waals surface area contributed by atoms with Crippen LogP contribution >= 0.6 is 0 Å². The molecule has 1 aromatic carbocycles. The third-order valence-corrected chi connectivity index (χ3v) is 2.99. The van der Waals surface area contributed by atoms with Crippen LogP contribution < -0.4 is 4.72 Å². The van der Waals surface area contributed by atoms with Gasteiger partial charge < -0.3 is 0 Å². The first-order chi connectivity index (χ1) is 7.85. The standard InChI is InChI=1S/C9H9N3O4S/c1-7-2-3-8(6-9(7)12(13)14)11-17(15,16)5-4-10/h2-3,6,11H,5H2,1H3. The van der Waals surface area contributed by atoms with Crippen LogP contribution in [-0.4, -0.2) is 19.1 Å². The van der Waals surface area contributed by atoms with E-state index in [0.717, 1.165) is 6.07 Å². The number of benzene rings is 1. The molecule has 90 valence electrons. The quantitative estimate of drug-likeness (QED) is 0.640. The maximum Gasteiger partial charge on any atom is 0.274 e. The minimum absolute atomic E-state index is 0.0672. The molecule has 0 spiro atoms. The van der Waals surface area contributed by atoms with Gasteiger partial charge in [0.05, 0.1) is 16.7 Å². The fraction of sp³-hybridized carbons (Fsp3) is 0.222. The van der Waals surface area contributed by atoms with Crippen molar-refractivity contribution in [1.29, 1.82) is 5.26 Å². The molecule has 0 atom stereocenters. The van der Waals surface area contributed by atoms with Gasteiger partial charge in [-0.3, -0.25) is 14.8 Å². The minimum atomic E-state index is -3.77. The Bertz CT molecular complexity index is 589. The van der Waals surface area contributed by atoms with Crippen LogP contribution in [0.25, 0.3) is 0 Å². The van der Waals surface area contributed by atoms with Crippen LogP contribution in [-0.2, 0) is 10.0 Å². The van der Waals surface area contributed by atoms with Gasteiger partial charge in [-0.1, -0.05) is 6.07 Å². The number of sulfonamides is 1. The Labute approximate surface area is 97.9 Å². The summed E-state index contributed by atoms with van der Waals surface area (Å²) in [6.45, 7) is 1.55. The van der Waals surface area contributed by atoms with Gasteiger partial charge in [-0.15, -0.1) is 0 Å². The molecule has 8 heteroatoms. The Hall–Kier alpha value is -2.14. The summed E-state index contributed by atoms with van der Waals surface area (Å²) in [5.41, 5.74) is 0.318. The fourth-order valence-electron chi connectivity index (χ4n) is 1.17. The molecular formula is C9H9N3O4S. The predicted octanol–water partition coefficient (Wildman–Crippen LogP) is 1.17. The first-order valence-corrected chi connectivity index (χ1v) is 6.13. The van der Waals surface area contributed by atoms with E-state index in [4.69, 9.17) is 5.26 Å². The highest BCUT2D eigenvalue weighted by Crippen LogP contribution is 2.22. The lowest BCUT2D eigenvalue weighted by Gasteiger charge is -2.05. The van der Waals surface area contributed by atoms with Crippen molar-refractivity contribution in [3.05, 3.63) is 33.9 Å². The molecule has 0 aliphatic rings. The number of rotatable bonds is 4. The Balaban J connectivity index is 3.07. The van der Waals surface area contributed by atoms with Crippen LogP contribution in [0.4, 0.5) is 11.4 Å². The van der Waals surface area contributed by atoms with E-state index >= 15 is 0 Å². The number of nitrogens with zero attached hydrogens (tertiary/aromatic N) is 2. The average Bonchev–Trinajstić information content (AvgIpc) is 2.20. The van der Waals surface area contributed by atoms with E-state index in [2.05, 4.69) is 4.72 Å². The first-order valence-electron chi connectivity index (χ1n) is 4.48. The average molecular weight is 255 g/mol. The lowest BCUT2D eigenvalue weighted by atomic mass is 10.2. The molecule has 0 aliphatic heterocycles. The van der Waals surface area contributed by atoms with E-state index in [1.807, 2.05) is 0 Å². The summed E-state index contributed by atoms with van der Waals surface area (Å²) in [6.07, 6.45) is 0. The van der Waals surface area contributed by atoms with Crippen LogP contribution in [0, 0.1) is 28.4 Å². The molecule has 0 aromatic heterocycles. The SMILES string of the molecule is Cc1ccc(NS(=O)(=O)CC#N)cc1[N+](=O)[O-]. The normalized spacial score (nSPS) is 10.6. The molecule has 17 heavy (non-hydrogen) atoms. The van der Waals surface area contributed by atoms with E-state index in [0.29, 0.717) is 5.56 Å². The van der Waals surface area contributed by atoms with Crippen molar-refractivity contribution in [1.82, 2.24) is 0 Å². The molecule has 0 unspecified atom stereocenters. The van der Waals surface area contributed by atoms with E-state index in [1.54, 1.807) is 6.92 Å². The van der Waals surface area contributed by atoms with E-state index < -0.39 is 20.7 Å². The van der Waals surface area contributed by atoms with Crippen LogP contribution in [0.5, 0.6) is 0 Å². The molecule has 1 aromatic rings. The minimum Gasteiger partial charge on any atom is -0.282 e. The van der Waals surface area contributed by atoms with Crippen molar-refractivity contribution in [3.63, 3.8) is 0 Å². The van der Waals surface area contributed by atoms with Gasteiger partial charge in [0.2, 0.25) is 10.0 Å². The molecule has 0 heterocycles.